The van der Waals surface area contributed by atoms with E-state index < -0.39 is 0 Å². The van der Waals surface area contributed by atoms with E-state index in [1.54, 1.807) is 19.0 Å². The minimum Gasteiger partial charge on any atom is -0.381 e. The summed E-state index contributed by atoms with van der Waals surface area (Å²) in [5.74, 6) is 2.17. The van der Waals surface area contributed by atoms with E-state index in [1.807, 2.05) is 6.92 Å². The Bertz CT molecular complexity index is 456. The van der Waals surface area contributed by atoms with Gasteiger partial charge in [-0.15, -0.1) is 0 Å². The van der Waals surface area contributed by atoms with Crippen molar-refractivity contribution < 1.29 is 9.53 Å². The molecule has 2 saturated heterocycles. The van der Waals surface area contributed by atoms with E-state index >= 15 is 0 Å². The number of ether oxygens (including phenoxy) is 1. The first kappa shape index (κ1) is 17.8. The molecule has 2 rings (SSSR count). The molecule has 0 aromatic carbocycles. The van der Waals surface area contributed by atoms with Crippen LogP contribution >= 0.6 is 0 Å². The largest absolute Gasteiger partial charge is 0.381 e. The molecular weight excluding hydrogens is 292 g/mol. The highest BCUT2D eigenvalue weighted by molar-refractivity contribution is 5.85. The summed E-state index contributed by atoms with van der Waals surface area (Å²) in [7, 11) is 3.51. The third-order valence-electron chi connectivity index (χ3n) is 4.57. The number of hydrogen-bond acceptors (Lipinski definition) is 3. The van der Waals surface area contributed by atoms with Crippen LogP contribution < -0.4 is 5.32 Å². The van der Waals surface area contributed by atoms with Crippen LogP contribution in [0.2, 0.25) is 0 Å². The zero-order valence-electron chi connectivity index (χ0n) is 14.7. The standard InChI is InChI=1S/C17H30N4O2/c1-13(2)9-18-17(19-10-16(22)20(3)4)21-7-5-14(11-21)15-6-8-23-12-15/h14-15H,1,5-12H2,2-4H3,(H,18,19). The van der Waals surface area contributed by atoms with E-state index in [1.165, 1.54) is 12.8 Å². The molecule has 6 heteroatoms. The second-order valence-electron chi connectivity index (χ2n) is 6.86. The minimum absolute atomic E-state index is 0.0135. The Labute approximate surface area is 139 Å². The predicted octanol–water partition coefficient (Wildman–Crippen LogP) is 0.955. The van der Waals surface area contributed by atoms with Gasteiger partial charge in [0.2, 0.25) is 5.91 Å². The molecule has 2 heterocycles. The molecule has 2 unspecified atom stereocenters. The quantitative estimate of drug-likeness (QED) is 0.465. The smallest absolute Gasteiger partial charge is 0.243 e. The van der Waals surface area contributed by atoms with Gasteiger partial charge in [-0.05, 0) is 31.6 Å². The molecule has 2 atom stereocenters. The fourth-order valence-electron chi connectivity index (χ4n) is 3.07. The number of guanidine groups is 1. The molecule has 130 valence electrons. The summed E-state index contributed by atoms with van der Waals surface area (Å²) in [6.07, 6.45) is 2.34. The van der Waals surface area contributed by atoms with Crippen LogP contribution in [0.5, 0.6) is 0 Å². The van der Waals surface area contributed by atoms with Gasteiger partial charge in [0.25, 0.3) is 0 Å². The maximum absolute atomic E-state index is 11.8. The van der Waals surface area contributed by atoms with Crippen molar-refractivity contribution in [2.45, 2.75) is 19.8 Å². The van der Waals surface area contributed by atoms with Crippen molar-refractivity contribution in [2.24, 2.45) is 16.8 Å². The SMILES string of the molecule is C=C(C)CNC(=NCC(=O)N(C)C)N1CCC(C2CCOC2)C1. The number of carbonyl (C=O) groups excluding carboxylic acids is 1. The number of likely N-dealkylation sites (N-methyl/N-ethyl adjacent to an activating group) is 1. The second-order valence-corrected chi connectivity index (χ2v) is 6.86. The summed E-state index contributed by atoms with van der Waals surface area (Å²) in [5.41, 5.74) is 1.05. The summed E-state index contributed by atoms with van der Waals surface area (Å²) in [6, 6.07) is 0. The van der Waals surface area contributed by atoms with Crippen molar-refractivity contribution in [2.75, 3.05) is 53.5 Å². The van der Waals surface area contributed by atoms with Crippen LogP contribution in [0, 0.1) is 11.8 Å². The first-order valence-corrected chi connectivity index (χ1v) is 8.43. The molecule has 0 aromatic rings. The van der Waals surface area contributed by atoms with E-state index in [0.717, 1.165) is 37.8 Å². The molecule has 0 aromatic heterocycles. The van der Waals surface area contributed by atoms with E-state index in [0.29, 0.717) is 18.4 Å². The van der Waals surface area contributed by atoms with Crippen LogP contribution in [0.15, 0.2) is 17.1 Å². The average molecular weight is 322 g/mol. The zero-order chi connectivity index (χ0) is 16.8. The molecule has 2 fully saturated rings. The molecule has 2 aliphatic rings. The van der Waals surface area contributed by atoms with Crippen molar-refractivity contribution in [1.82, 2.24) is 15.1 Å². The Morgan fingerprint density at radius 3 is 2.78 bits per heavy atom. The van der Waals surface area contributed by atoms with Crippen LogP contribution in [0.1, 0.15) is 19.8 Å². The monoisotopic (exact) mass is 322 g/mol. The fraction of sp³-hybridized carbons (Fsp3) is 0.765. The molecule has 2 aliphatic heterocycles. The van der Waals surface area contributed by atoms with Crippen LogP contribution in [0.3, 0.4) is 0 Å². The molecule has 0 spiro atoms. The topological polar surface area (TPSA) is 57.2 Å². The maximum atomic E-state index is 11.8. The lowest BCUT2D eigenvalue weighted by Crippen LogP contribution is -2.42. The zero-order valence-corrected chi connectivity index (χ0v) is 14.7. The number of carbonyl (C=O) groups is 1. The molecule has 1 N–H and O–H groups in total. The van der Waals surface area contributed by atoms with Crippen LogP contribution in [-0.4, -0.2) is 75.2 Å². The van der Waals surface area contributed by atoms with Crippen molar-refractivity contribution in [3.8, 4) is 0 Å². The number of likely N-dealkylation sites (tertiary alicyclic amines) is 1. The summed E-state index contributed by atoms with van der Waals surface area (Å²) in [4.78, 5) is 20.2. The number of amides is 1. The van der Waals surface area contributed by atoms with Crippen molar-refractivity contribution >= 4 is 11.9 Å². The van der Waals surface area contributed by atoms with E-state index in [9.17, 15) is 4.79 Å². The average Bonchev–Trinajstić information content (AvgIpc) is 3.17. The Hall–Kier alpha value is -1.56. The molecule has 6 nitrogen and oxygen atoms in total. The molecule has 0 bridgehead atoms. The van der Waals surface area contributed by atoms with Crippen molar-refractivity contribution in [1.29, 1.82) is 0 Å². The Balaban J connectivity index is 1.97. The van der Waals surface area contributed by atoms with Crippen LogP contribution in [0.25, 0.3) is 0 Å². The summed E-state index contributed by atoms with van der Waals surface area (Å²) >= 11 is 0. The molecule has 0 aliphatic carbocycles. The molecule has 0 radical (unpaired) electrons. The van der Waals surface area contributed by atoms with Gasteiger partial charge < -0.3 is 19.9 Å². The summed E-state index contributed by atoms with van der Waals surface area (Å²) in [6.45, 7) is 10.5. The highest BCUT2D eigenvalue weighted by Crippen LogP contribution is 2.29. The lowest BCUT2D eigenvalue weighted by Gasteiger charge is -2.23. The van der Waals surface area contributed by atoms with Gasteiger partial charge in [-0.3, -0.25) is 4.79 Å². The first-order valence-electron chi connectivity index (χ1n) is 8.43. The van der Waals surface area contributed by atoms with Gasteiger partial charge >= 0.3 is 0 Å². The van der Waals surface area contributed by atoms with Gasteiger partial charge in [-0.2, -0.15) is 0 Å². The number of rotatable bonds is 5. The summed E-state index contributed by atoms with van der Waals surface area (Å²) in [5, 5.41) is 3.34. The van der Waals surface area contributed by atoms with E-state index in [-0.39, 0.29) is 12.5 Å². The number of hydrogen-bond donors (Lipinski definition) is 1. The Morgan fingerprint density at radius 1 is 1.39 bits per heavy atom. The van der Waals surface area contributed by atoms with Crippen molar-refractivity contribution in [3.05, 3.63) is 12.2 Å². The van der Waals surface area contributed by atoms with Crippen LogP contribution in [0.4, 0.5) is 0 Å². The maximum Gasteiger partial charge on any atom is 0.243 e. The number of aliphatic imine (C=N–C) groups is 1. The van der Waals surface area contributed by atoms with Gasteiger partial charge in [0, 0.05) is 46.9 Å². The molecular formula is C17H30N4O2. The predicted molar refractivity (Wildman–Crippen MR) is 92.4 cm³/mol. The van der Waals surface area contributed by atoms with Crippen molar-refractivity contribution in [3.63, 3.8) is 0 Å². The van der Waals surface area contributed by atoms with E-state index in [4.69, 9.17) is 4.74 Å². The number of nitrogens with zero attached hydrogens (tertiary/aromatic N) is 3. The normalized spacial score (nSPS) is 24.8. The van der Waals surface area contributed by atoms with Gasteiger partial charge in [0.1, 0.15) is 6.54 Å². The second kappa shape index (κ2) is 8.34. The molecule has 0 saturated carbocycles. The lowest BCUT2D eigenvalue weighted by molar-refractivity contribution is -0.127. The molecule has 1 amide bonds. The molecule has 23 heavy (non-hydrogen) atoms. The Kier molecular flexibility index (Phi) is 6.45. The van der Waals surface area contributed by atoms with Crippen LogP contribution in [-0.2, 0) is 9.53 Å². The van der Waals surface area contributed by atoms with Gasteiger partial charge in [0.05, 0.1) is 0 Å². The van der Waals surface area contributed by atoms with E-state index in [2.05, 4.69) is 21.8 Å². The highest BCUT2D eigenvalue weighted by atomic mass is 16.5. The Morgan fingerprint density at radius 2 is 2.17 bits per heavy atom. The minimum atomic E-state index is 0.0135. The third-order valence-corrected chi connectivity index (χ3v) is 4.57. The lowest BCUT2D eigenvalue weighted by atomic mass is 9.91. The third kappa shape index (κ3) is 5.23. The van der Waals surface area contributed by atoms with Gasteiger partial charge in [-0.1, -0.05) is 12.2 Å². The highest BCUT2D eigenvalue weighted by Gasteiger charge is 2.33. The summed E-state index contributed by atoms with van der Waals surface area (Å²) < 4.78 is 5.52. The van der Waals surface area contributed by atoms with Gasteiger partial charge in [-0.25, -0.2) is 4.99 Å². The number of nitrogens with one attached hydrogen (secondary N) is 1. The first-order chi connectivity index (χ1) is 11.0. The van der Waals surface area contributed by atoms with Gasteiger partial charge in [0.15, 0.2) is 5.96 Å². The fourth-order valence-corrected chi connectivity index (χ4v) is 3.07.